The van der Waals surface area contributed by atoms with E-state index in [9.17, 15) is 24.3 Å². The molecule has 0 radical (unpaired) electrons. The number of likely N-dealkylation sites (tertiary alicyclic amines) is 1. The number of carboxylic acids is 1. The third kappa shape index (κ3) is 4.84. The molecule has 2 fully saturated rings. The van der Waals surface area contributed by atoms with Gasteiger partial charge in [0.25, 0.3) is 0 Å². The van der Waals surface area contributed by atoms with Gasteiger partial charge in [0.05, 0.1) is 6.10 Å². The van der Waals surface area contributed by atoms with Crippen LogP contribution in [-0.2, 0) is 9.53 Å². The fourth-order valence-electron chi connectivity index (χ4n) is 4.36. The molecule has 0 unspecified atom stereocenters. The molecule has 8 heteroatoms. The number of carbonyl (C=O) groups is 2. The zero-order chi connectivity index (χ0) is 22.1. The van der Waals surface area contributed by atoms with Crippen LogP contribution in [0.5, 0.6) is 5.75 Å². The largest absolute Gasteiger partial charge is 0.489 e. The number of hydrogen-bond donors (Lipinski definition) is 1. The molecule has 1 saturated carbocycles. The summed E-state index contributed by atoms with van der Waals surface area (Å²) in [5, 5.41) is 18.9. The fourth-order valence-corrected chi connectivity index (χ4v) is 4.36. The average molecular weight is 418 g/mol. The van der Waals surface area contributed by atoms with Crippen molar-refractivity contribution in [3.05, 3.63) is 29.6 Å². The van der Waals surface area contributed by atoms with Crippen molar-refractivity contribution >= 4 is 12.1 Å². The van der Waals surface area contributed by atoms with Gasteiger partial charge in [-0.15, -0.1) is 0 Å². The van der Waals surface area contributed by atoms with E-state index in [1.54, 1.807) is 26.8 Å². The molecule has 1 aliphatic heterocycles. The van der Waals surface area contributed by atoms with Crippen molar-refractivity contribution in [3.63, 3.8) is 0 Å². The number of benzene rings is 1. The highest BCUT2D eigenvalue weighted by molar-refractivity contribution is 5.80. The van der Waals surface area contributed by atoms with E-state index < -0.39 is 29.5 Å². The summed E-state index contributed by atoms with van der Waals surface area (Å²) >= 11 is 0. The normalized spacial score (nSPS) is 26.3. The maximum absolute atomic E-state index is 13.8. The highest BCUT2D eigenvalue weighted by Gasteiger charge is 2.45. The van der Waals surface area contributed by atoms with Gasteiger partial charge in [0, 0.05) is 6.54 Å². The lowest BCUT2D eigenvalue weighted by atomic mass is 9.72. The molecule has 0 aromatic heterocycles. The van der Waals surface area contributed by atoms with Gasteiger partial charge in [-0.1, -0.05) is 6.07 Å². The van der Waals surface area contributed by atoms with Crippen LogP contribution in [0.2, 0.25) is 0 Å². The first-order chi connectivity index (χ1) is 14.1. The van der Waals surface area contributed by atoms with E-state index in [2.05, 4.69) is 0 Å². The Morgan fingerprint density at radius 1 is 1.23 bits per heavy atom. The van der Waals surface area contributed by atoms with E-state index in [1.807, 2.05) is 6.07 Å². The number of nitrogens with zero attached hydrogens (tertiary/aromatic N) is 2. The van der Waals surface area contributed by atoms with E-state index in [1.165, 1.54) is 17.0 Å². The number of hydrogen-bond acceptors (Lipinski definition) is 5. The van der Waals surface area contributed by atoms with Crippen LogP contribution in [0, 0.1) is 29.0 Å². The number of piperidine rings is 1. The Morgan fingerprint density at radius 2 is 1.97 bits per heavy atom. The summed E-state index contributed by atoms with van der Waals surface area (Å²) in [5.41, 5.74) is -0.825. The topological polar surface area (TPSA) is 99.9 Å². The molecule has 1 saturated heterocycles. The highest BCUT2D eigenvalue weighted by Crippen LogP contribution is 2.40. The van der Waals surface area contributed by atoms with Gasteiger partial charge in [0.15, 0.2) is 0 Å². The van der Waals surface area contributed by atoms with E-state index in [0.717, 1.165) is 6.42 Å². The Labute approximate surface area is 175 Å². The maximum atomic E-state index is 13.8. The number of rotatable bonds is 3. The van der Waals surface area contributed by atoms with E-state index in [0.29, 0.717) is 25.8 Å². The van der Waals surface area contributed by atoms with Crippen molar-refractivity contribution in [2.75, 3.05) is 6.54 Å². The number of halogens is 1. The predicted molar refractivity (Wildman–Crippen MR) is 105 cm³/mol. The second kappa shape index (κ2) is 8.50. The van der Waals surface area contributed by atoms with Gasteiger partial charge in [-0.05, 0) is 70.4 Å². The molecular weight excluding hydrogens is 391 g/mol. The molecule has 1 heterocycles. The molecule has 1 aromatic rings. The smallest absolute Gasteiger partial charge is 0.411 e. The van der Waals surface area contributed by atoms with Gasteiger partial charge >= 0.3 is 12.1 Å². The summed E-state index contributed by atoms with van der Waals surface area (Å²) in [6.45, 7) is 5.57. The van der Waals surface area contributed by atoms with Crippen molar-refractivity contribution in [3.8, 4) is 11.8 Å². The lowest BCUT2D eigenvalue weighted by Gasteiger charge is -2.46. The first kappa shape index (κ1) is 21.9. The molecular formula is C22H27FN2O5. The second-order valence-corrected chi connectivity index (χ2v) is 9.02. The molecule has 3 rings (SSSR count). The Kier molecular flexibility index (Phi) is 6.20. The van der Waals surface area contributed by atoms with E-state index >= 15 is 0 Å². The Balaban J connectivity index is 1.70. The van der Waals surface area contributed by atoms with Crippen LogP contribution in [0.15, 0.2) is 18.2 Å². The van der Waals surface area contributed by atoms with Crippen LogP contribution < -0.4 is 4.74 Å². The zero-order valence-corrected chi connectivity index (χ0v) is 17.4. The molecule has 7 nitrogen and oxygen atoms in total. The summed E-state index contributed by atoms with van der Waals surface area (Å²) in [7, 11) is 0. The lowest BCUT2D eigenvalue weighted by molar-refractivity contribution is -0.147. The van der Waals surface area contributed by atoms with Crippen molar-refractivity contribution in [2.45, 2.75) is 64.2 Å². The minimum Gasteiger partial charge on any atom is -0.489 e. The third-order valence-electron chi connectivity index (χ3n) is 5.72. The standard InChI is InChI=1S/C22H27FN2O5/c1-22(2,3)30-21(28)25-12-13-7-8-15(9-14(13)10-18(25)20(26)27)29-19-6-4-5-17(23)16(19)11-24/h4-6,13-15,18H,7-10,12H2,1-3H3,(H,26,27)/t13-,14-,15-,18-/m0/s1. The first-order valence-electron chi connectivity index (χ1n) is 10.2. The first-order valence-corrected chi connectivity index (χ1v) is 10.2. The molecule has 0 spiro atoms. The van der Waals surface area contributed by atoms with Gasteiger partial charge in [-0.3, -0.25) is 4.90 Å². The van der Waals surface area contributed by atoms with Gasteiger partial charge in [0.1, 0.15) is 34.8 Å². The zero-order valence-electron chi connectivity index (χ0n) is 17.4. The molecule has 1 aliphatic carbocycles. The molecule has 1 amide bonds. The second-order valence-electron chi connectivity index (χ2n) is 9.02. The van der Waals surface area contributed by atoms with Crippen LogP contribution in [0.4, 0.5) is 9.18 Å². The predicted octanol–water partition coefficient (Wildman–Crippen LogP) is 3.96. The van der Waals surface area contributed by atoms with Crippen LogP contribution >= 0.6 is 0 Å². The van der Waals surface area contributed by atoms with Gasteiger partial charge in [0.2, 0.25) is 0 Å². The Hall–Kier alpha value is -2.82. The summed E-state index contributed by atoms with van der Waals surface area (Å²) in [6, 6.07) is 5.16. The Morgan fingerprint density at radius 3 is 2.60 bits per heavy atom. The summed E-state index contributed by atoms with van der Waals surface area (Å²) in [4.78, 5) is 25.7. The third-order valence-corrected chi connectivity index (χ3v) is 5.72. The minimum absolute atomic E-state index is 0.0580. The summed E-state index contributed by atoms with van der Waals surface area (Å²) < 4.78 is 25.2. The fraction of sp³-hybridized carbons (Fsp3) is 0.591. The maximum Gasteiger partial charge on any atom is 0.411 e. The Bertz CT molecular complexity index is 860. The molecule has 1 aromatic carbocycles. The average Bonchev–Trinajstić information content (AvgIpc) is 2.65. The van der Waals surface area contributed by atoms with Crippen LogP contribution in [-0.4, -0.2) is 46.4 Å². The van der Waals surface area contributed by atoms with Crippen LogP contribution in [0.3, 0.4) is 0 Å². The van der Waals surface area contributed by atoms with Crippen LogP contribution in [0.1, 0.15) is 52.0 Å². The number of aliphatic carboxylic acids is 1. The number of carbonyl (C=O) groups excluding carboxylic acids is 1. The number of fused-ring (bicyclic) bond motifs is 1. The van der Waals surface area contributed by atoms with Crippen LogP contribution in [0.25, 0.3) is 0 Å². The molecule has 0 bridgehead atoms. The molecule has 30 heavy (non-hydrogen) atoms. The van der Waals surface area contributed by atoms with Crippen molar-refractivity contribution in [1.82, 2.24) is 4.90 Å². The molecule has 2 aliphatic rings. The summed E-state index contributed by atoms with van der Waals surface area (Å²) in [5.74, 6) is -1.26. The molecule has 162 valence electrons. The van der Waals surface area contributed by atoms with Crippen molar-refractivity contribution < 1.29 is 28.6 Å². The monoisotopic (exact) mass is 418 g/mol. The molecule has 4 atom stereocenters. The quantitative estimate of drug-likeness (QED) is 0.798. The van der Waals surface area contributed by atoms with E-state index in [4.69, 9.17) is 9.47 Å². The van der Waals surface area contributed by atoms with Gasteiger partial charge < -0.3 is 14.6 Å². The lowest BCUT2D eigenvalue weighted by Crippen LogP contribution is -2.56. The number of carboxylic acid groups (broad SMARTS) is 1. The number of ether oxygens (including phenoxy) is 2. The minimum atomic E-state index is -1.06. The summed E-state index contributed by atoms with van der Waals surface area (Å²) in [6.07, 6.45) is 1.50. The van der Waals surface area contributed by atoms with Gasteiger partial charge in [-0.2, -0.15) is 5.26 Å². The highest BCUT2D eigenvalue weighted by atomic mass is 19.1. The van der Waals surface area contributed by atoms with Gasteiger partial charge in [-0.25, -0.2) is 14.0 Å². The SMILES string of the molecule is CC(C)(C)OC(=O)N1C[C@@H]2CC[C@H](Oc3cccc(F)c3C#N)C[C@H]2C[C@H]1C(=O)O. The number of amides is 1. The van der Waals surface area contributed by atoms with Crippen molar-refractivity contribution in [2.24, 2.45) is 11.8 Å². The number of nitriles is 1. The van der Waals surface area contributed by atoms with Crippen molar-refractivity contribution in [1.29, 1.82) is 5.26 Å². The van der Waals surface area contributed by atoms with E-state index in [-0.39, 0.29) is 29.3 Å². The molecule has 1 N–H and O–H groups in total.